The van der Waals surface area contributed by atoms with Crippen molar-refractivity contribution in [1.29, 1.82) is 0 Å². The summed E-state index contributed by atoms with van der Waals surface area (Å²) in [6.45, 7) is 2.50. The lowest BCUT2D eigenvalue weighted by Crippen LogP contribution is -2.39. The number of aromatic nitrogens is 3. The minimum atomic E-state index is -0.153. The van der Waals surface area contributed by atoms with Crippen molar-refractivity contribution in [1.82, 2.24) is 19.7 Å². The van der Waals surface area contributed by atoms with Crippen LogP contribution in [0.4, 0.5) is 0 Å². The standard InChI is InChI=1S/C18H18N4O2/c1-11-16-14(18(24)21(2)20-16)7-9-22(11)17(23)13-5-6-15-12(10-13)4-3-8-19-15/h3-6,8,10-11,20H,7,9H2,1-2H3. The van der Waals surface area contributed by atoms with E-state index in [0.29, 0.717) is 18.5 Å². The highest BCUT2D eigenvalue weighted by Gasteiger charge is 2.31. The fraction of sp³-hybridized carbons (Fsp3) is 0.278. The molecule has 0 saturated heterocycles. The third-order valence-corrected chi connectivity index (χ3v) is 4.77. The minimum Gasteiger partial charge on any atom is -0.330 e. The molecular weight excluding hydrogens is 304 g/mol. The van der Waals surface area contributed by atoms with Gasteiger partial charge >= 0.3 is 0 Å². The number of pyridine rings is 1. The highest BCUT2D eigenvalue weighted by atomic mass is 16.2. The molecule has 0 aliphatic carbocycles. The number of rotatable bonds is 1. The van der Waals surface area contributed by atoms with Crippen LogP contribution in [0.25, 0.3) is 10.9 Å². The molecule has 1 amide bonds. The molecule has 2 aromatic heterocycles. The number of hydrogen-bond donors (Lipinski definition) is 1. The van der Waals surface area contributed by atoms with Crippen LogP contribution in [-0.2, 0) is 13.5 Å². The second kappa shape index (κ2) is 5.33. The first-order chi connectivity index (χ1) is 11.6. The van der Waals surface area contributed by atoms with Crippen molar-refractivity contribution in [3.63, 3.8) is 0 Å². The summed E-state index contributed by atoms with van der Waals surface area (Å²) in [5, 5.41) is 4.03. The third-order valence-electron chi connectivity index (χ3n) is 4.77. The lowest BCUT2D eigenvalue weighted by molar-refractivity contribution is 0.0673. The Morgan fingerprint density at radius 2 is 2.17 bits per heavy atom. The molecule has 24 heavy (non-hydrogen) atoms. The Bertz CT molecular complexity index is 1000. The molecule has 6 nitrogen and oxygen atoms in total. The fourth-order valence-electron chi connectivity index (χ4n) is 3.44. The lowest BCUT2D eigenvalue weighted by Gasteiger charge is -2.32. The van der Waals surface area contributed by atoms with E-state index in [4.69, 9.17) is 0 Å². The summed E-state index contributed by atoms with van der Waals surface area (Å²) in [5.41, 5.74) is 3.14. The average Bonchev–Trinajstić information content (AvgIpc) is 2.90. The number of nitrogens with one attached hydrogen (secondary N) is 1. The van der Waals surface area contributed by atoms with Crippen LogP contribution in [0, 0.1) is 0 Å². The zero-order valence-corrected chi connectivity index (χ0v) is 13.6. The van der Waals surface area contributed by atoms with E-state index in [1.54, 1.807) is 13.2 Å². The van der Waals surface area contributed by atoms with Crippen molar-refractivity contribution in [3.8, 4) is 0 Å². The largest absolute Gasteiger partial charge is 0.330 e. The maximum atomic E-state index is 13.0. The van der Waals surface area contributed by atoms with Gasteiger partial charge in [0, 0.05) is 36.3 Å². The van der Waals surface area contributed by atoms with E-state index in [0.717, 1.165) is 22.2 Å². The van der Waals surface area contributed by atoms with Gasteiger partial charge in [-0.15, -0.1) is 0 Å². The number of amides is 1. The average molecular weight is 322 g/mol. The molecule has 1 N–H and O–H groups in total. The predicted molar refractivity (Wildman–Crippen MR) is 90.9 cm³/mol. The third kappa shape index (κ3) is 2.14. The summed E-state index contributed by atoms with van der Waals surface area (Å²) in [6.07, 6.45) is 2.32. The molecule has 1 aliphatic rings. The van der Waals surface area contributed by atoms with E-state index in [2.05, 4.69) is 10.1 Å². The predicted octanol–water partition coefficient (Wildman–Crippen LogP) is 2.02. The molecular formula is C18H18N4O2. The van der Waals surface area contributed by atoms with E-state index in [-0.39, 0.29) is 17.5 Å². The van der Waals surface area contributed by atoms with E-state index >= 15 is 0 Å². The van der Waals surface area contributed by atoms with Gasteiger partial charge in [-0.25, -0.2) is 0 Å². The molecule has 122 valence electrons. The summed E-state index contributed by atoms with van der Waals surface area (Å²) in [7, 11) is 1.70. The second-order valence-corrected chi connectivity index (χ2v) is 6.20. The molecule has 0 bridgehead atoms. The van der Waals surface area contributed by atoms with E-state index in [1.165, 1.54) is 4.68 Å². The van der Waals surface area contributed by atoms with E-state index < -0.39 is 0 Å². The van der Waals surface area contributed by atoms with E-state index in [9.17, 15) is 9.59 Å². The molecule has 1 unspecified atom stereocenters. The molecule has 1 aromatic carbocycles. The first-order valence-electron chi connectivity index (χ1n) is 8.00. The summed E-state index contributed by atoms with van der Waals surface area (Å²) in [4.78, 5) is 31.1. The highest BCUT2D eigenvalue weighted by molar-refractivity contribution is 5.98. The smallest absolute Gasteiger partial charge is 0.269 e. The number of nitrogens with zero attached hydrogens (tertiary/aromatic N) is 3. The normalized spacial score (nSPS) is 17.1. The molecule has 1 aliphatic heterocycles. The Morgan fingerprint density at radius 3 is 3.00 bits per heavy atom. The molecule has 4 rings (SSSR count). The number of aryl methyl sites for hydroxylation is 1. The zero-order valence-electron chi connectivity index (χ0n) is 13.6. The first-order valence-corrected chi connectivity index (χ1v) is 8.00. The van der Waals surface area contributed by atoms with E-state index in [1.807, 2.05) is 42.2 Å². The molecule has 0 fully saturated rings. The molecule has 6 heteroatoms. The fourth-order valence-corrected chi connectivity index (χ4v) is 3.44. The number of carbonyl (C=O) groups is 1. The number of H-pyrrole nitrogens is 1. The Hall–Kier alpha value is -2.89. The molecule has 0 spiro atoms. The number of benzene rings is 1. The number of aromatic amines is 1. The zero-order chi connectivity index (χ0) is 16.8. The number of hydrogen-bond acceptors (Lipinski definition) is 3. The number of fused-ring (bicyclic) bond motifs is 2. The van der Waals surface area contributed by atoms with Gasteiger partial charge in [0.2, 0.25) is 0 Å². The van der Waals surface area contributed by atoms with Crippen LogP contribution in [0.1, 0.15) is 34.6 Å². The van der Waals surface area contributed by atoms with Gasteiger partial charge in [0.05, 0.1) is 17.3 Å². The van der Waals surface area contributed by atoms with Gasteiger partial charge < -0.3 is 4.90 Å². The van der Waals surface area contributed by atoms with Crippen molar-refractivity contribution in [3.05, 3.63) is 63.7 Å². The van der Waals surface area contributed by atoms with Gasteiger partial charge in [0.15, 0.2) is 0 Å². The summed E-state index contributed by atoms with van der Waals surface area (Å²) in [6, 6.07) is 9.22. The maximum absolute atomic E-state index is 13.0. The lowest BCUT2D eigenvalue weighted by atomic mass is 9.99. The molecule has 0 saturated carbocycles. The van der Waals surface area contributed by atoms with Gasteiger partial charge in [-0.05, 0) is 37.6 Å². The van der Waals surface area contributed by atoms with Crippen molar-refractivity contribution in [2.45, 2.75) is 19.4 Å². The Kier molecular flexibility index (Phi) is 3.26. The summed E-state index contributed by atoms with van der Waals surface area (Å²) >= 11 is 0. The van der Waals surface area contributed by atoms with Crippen LogP contribution in [0.3, 0.4) is 0 Å². The van der Waals surface area contributed by atoms with Crippen LogP contribution in [0.2, 0.25) is 0 Å². The van der Waals surface area contributed by atoms with Crippen molar-refractivity contribution >= 4 is 16.8 Å². The SMILES string of the molecule is CC1c2[nH]n(C)c(=O)c2CCN1C(=O)c1ccc2ncccc2c1. The molecule has 1 atom stereocenters. The highest BCUT2D eigenvalue weighted by Crippen LogP contribution is 2.28. The van der Waals surface area contributed by atoms with Gasteiger partial charge in [-0.1, -0.05) is 6.07 Å². The van der Waals surface area contributed by atoms with Gasteiger partial charge in [-0.3, -0.25) is 24.4 Å². The Morgan fingerprint density at radius 1 is 1.33 bits per heavy atom. The van der Waals surface area contributed by atoms with Gasteiger partial charge in [-0.2, -0.15) is 0 Å². The quantitative estimate of drug-likeness (QED) is 0.745. The van der Waals surface area contributed by atoms with Crippen LogP contribution in [-0.4, -0.2) is 32.1 Å². The van der Waals surface area contributed by atoms with Crippen LogP contribution in [0.15, 0.2) is 41.3 Å². The molecule has 3 heterocycles. The van der Waals surface area contributed by atoms with Crippen molar-refractivity contribution in [2.75, 3.05) is 6.54 Å². The Labute approximate surface area is 138 Å². The van der Waals surface area contributed by atoms with Crippen LogP contribution >= 0.6 is 0 Å². The van der Waals surface area contributed by atoms with Gasteiger partial charge in [0.1, 0.15) is 0 Å². The van der Waals surface area contributed by atoms with Gasteiger partial charge in [0.25, 0.3) is 11.5 Å². The first kappa shape index (κ1) is 14.7. The topological polar surface area (TPSA) is 71.0 Å². The molecule has 3 aromatic rings. The number of carbonyl (C=O) groups excluding carboxylic acids is 1. The second-order valence-electron chi connectivity index (χ2n) is 6.20. The van der Waals surface area contributed by atoms with Crippen LogP contribution < -0.4 is 5.56 Å². The summed E-state index contributed by atoms with van der Waals surface area (Å²) in [5.74, 6) is -0.0244. The van der Waals surface area contributed by atoms with Crippen LogP contribution in [0.5, 0.6) is 0 Å². The molecule has 0 radical (unpaired) electrons. The maximum Gasteiger partial charge on any atom is 0.269 e. The summed E-state index contributed by atoms with van der Waals surface area (Å²) < 4.78 is 1.48. The minimum absolute atomic E-state index is 0.000675. The Balaban J connectivity index is 1.70. The van der Waals surface area contributed by atoms with Crippen molar-refractivity contribution < 1.29 is 4.79 Å². The monoisotopic (exact) mass is 322 g/mol. The van der Waals surface area contributed by atoms with Crippen molar-refractivity contribution in [2.24, 2.45) is 7.05 Å².